The zero-order valence-electron chi connectivity index (χ0n) is 16.8. The van der Waals surface area contributed by atoms with Gasteiger partial charge < -0.3 is 5.32 Å². The first-order valence-electron chi connectivity index (χ1n) is 9.42. The van der Waals surface area contributed by atoms with Crippen LogP contribution in [0, 0.1) is 5.82 Å². The second-order valence-electron chi connectivity index (χ2n) is 6.56. The minimum Gasteiger partial charge on any atom is -0.340 e. The smallest absolute Gasteiger partial charge is 0.262 e. The summed E-state index contributed by atoms with van der Waals surface area (Å²) in [4.78, 5) is 24.7. The number of carbonyl (C=O) groups is 1. The van der Waals surface area contributed by atoms with Crippen LogP contribution in [-0.4, -0.2) is 34.9 Å². The van der Waals surface area contributed by atoms with Crippen molar-refractivity contribution in [2.75, 3.05) is 15.8 Å². The SMILES string of the molecule is O=C(CSc1nccc(Nc2ccc(S(=O)(=O)Nc3cncs3)cc2)n1)c1ccc(F)cc1. The van der Waals surface area contributed by atoms with E-state index in [9.17, 15) is 17.6 Å². The highest BCUT2D eigenvalue weighted by molar-refractivity contribution is 7.99. The first kappa shape index (κ1) is 22.8. The van der Waals surface area contributed by atoms with Gasteiger partial charge >= 0.3 is 0 Å². The van der Waals surface area contributed by atoms with Gasteiger partial charge in [0.25, 0.3) is 10.0 Å². The summed E-state index contributed by atoms with van der Waals surface area (Å²) in [6, 6.07) is 13.2. The van der Waals surface area contributed by atoms with Gasteiger partial charge in [0.2, 0.25) is 0 Å². The number of hydrogen-bond acceptors (Lipinski definition) is 9. The minimum atomic E-state index is -3.71. The molecule has 0 fully saturated rings. The molecule has 0 unspecified atom stereocenters. The predicted octanol–water partition coefficient (Wildman–Crippen LogP) is 4.59. The Labute approximate surface area is 197 Å². The van der Waals surface area contributed by atoms with Gasteiger partial charge in [-0.15, -0.1) is 11.3 Å². The number of hydrogen-bond donors (Lipinski definition) is 2. The normalized spacial score (nSPS) is 11.2. The van der Waals surface area contributed by atoms with Crippen LogP contribution in [0.2, 0.25) is 0 Å². The molecule has 2 N–H and O–H groups in total. The molecular weight excluding hydrogens is 485 g/mol. The molecule has 0 radical (unpaired) electrons. The van der Waals surface area contributed by atoms with Crippen molar-refractivity contribution < 1.29 is 17.6 Å². The lowest BCUT2D eigenvalue weighted by Gasteiger charge is -2.09. The maximum absolute atomic E-state index is 13.0. The first-order chi connectivity index (χ1) is 15.9. The number of ketones is 1. The number of nitrogens with one attached hydrogen (secondary N) is 2. The van der Waals surface area contributed by atoms with Gasteiger partial charge in [-0.1, -0.05) is 11.8 Å². The first-order valence-corrected chi connectivity index (χ1v) is 12.8. The third kappa shape index (κ3) is 6.12. The number of sulfonamides is 1. The van der Waals surface area contributed by atoms with Crippen molar-refractivity contribution in [2.45, 2.75) is 10.1 Å². The van der Waals surface area contributed by atoms with E-state index in [1.807, 2.05) is 0 Å². The zero-order valence-corrected chi connectivity index (χ0v) is 19.3. The van der Waals surface area contributed by atoms with Gasteiger partial charge in [0, 0.05) is 17.4 Å². The highest BCUT2D eigenvalue weighted by Crippen LogP contribution is 2.23. The molecule has 0 amide bonds. The van der Waals surface area contributed by atoms with Crippen LogP contribution in [-0.2, 0) is 10.0 Å². The Hall–Kier alpha value is -3.35. The molecule has 0 aliphatic carbocycles. The van der Waals surface area contributed by atoms with E-state index in [0.717, 1.165) is 11.8 Å². The Morgan fingerprint density at radius 1 is 1.06 bits per heavy atom. The number of thiazole rings is 1. The van der Waals surface area contributed by atoms with Gasteiger partial charge in [0.1, 0.15) is 16.6 Å². The lowest BCUT2D eigenvalue weighted by Crippen LogP contribution is -2.12. The summed E-state index contributed by atoms with van der Waals surface area (Å²) in [5, 5.41) is 3.90. The topological polar surface area (TPSA) is 114 Å². The Balaban J connectivity index is 1.38. The molecule has 4 aromatic rings. The summed E-state index contributed by atoms with van der Waals surface area (Å²) in [6.45, 7) is 0. The van der Waals surface area contributed by atoms with Crippen LogP contribution in [0.25, 0.3) is 0 Å². The van der Waals surface area contributed by atoms with Crippen molar-refractivity contribution in [3.8, 4) is 0 Å². The molecule has 0 saturated heterocycles. The van der Waals surface area contributed by atoms with Gasteiger partial charge in [-0.3, -0.25) is 14.5 Å². The molecule has 2 aromatic heterocycles. The van der Waals surface area contributed by atoms with E-state index in [-0.39, 0.29) is 16.4 Å². The number of carbonyl (C=O) groups excluding carboxylic acids is 1. The average molecular weight is 502 g/mol. The van der Waals surface area contributed by atoms with Crippen molar-refractivity contribution in [2.24, 2.45) is 0 Å². The summed E-state index contributed by atoms with van der Waals surface area (Å²) in [5.41, 5.74) is 2.58. The van der Waals surface area contributed by atoms with Crippen LogP contribution >= 0.6 is 23.1 Å². The van der Waals surface area contributed by atoms with E-state index in [1.54, 1.807) is 24.4 Å². The second-order valence-corrected chi connectivity index (χ2v) is 10.1. The van der Waals surface area contributed by atoms with E-state index in [4.69, 9.17) is 0 Å². The Kier molecular flexibility index (Phi) is 6.96. The van der Waals surface area contributed by atoms with Crippen molar-refractivity contribution in [1.82, 2.24) is 15.0 Å². The second kappa shape index (κ2) is 10.1. The fraction of sp³-hybridized carbons (Fsp3) is 0.0476. The highest BCUT2D eigenvalue weighted by Gasteiger charge is 2.15. The van der Waals surface area contributed by atoms with Gasteiger partial charge in [-0.05, 0) is 54.6 Å². The molecule has 0 aliphatic rings. The van der Waals surface area contributed by atoms with E-state index in [1.165, 1.54) is 59.4 Å². The molecule has 0 saturated carbocycles. The molecule has 2 heterocycles. The standard InChI is InChI=1S/C21H16FN5O3S3/c22-15-3-1-14(2-4-15)18(28)12-31-21-24-10-9-19(26-21)25-16-5-7-17(8-6-16)33(29,30)27-20-11-23-13-32-20/h1-11,13,27H,12H2,(H,24,25,26). The van der Waals surface area contributed by atoms with Crippen molar-refractivity contribution >= 4 is 55.4 Å². The van der Waals surface area contributed by atoms with E-state index in [2.05, 4.69) is 25.0 Å². The number of nitrogens with zero attached hydrogens (tertiary/aromatic N) is 3. The lowest BCUT2D eigenvalue weighted by atomic mass is 10.1. The fourth-order valence-corrected chi connectivity index (χ4v) is 5.19. The van der Waals surface area contributed by atoms with Crippen LogP contribution < -0.4 is 10.0 Å². The number of aromatic nitrogens is 3. The van der Waals surface area contributed by atoms with Gasteiger partial charge in [0.05, 0.1) is 22.4 Å². The van der Waals surface area contributed by atoms with Crippen LogP contribution in [0.5, 0.6) is 0 Å². The number of benzene rings is 2. The van der Waals surface area contributed by atoms with Crippen molar-refractivity contribution in [3.63, 3.8) is 0 Å². The van der Waals surface area contributed by atoms with Crippen LogP contribution in [0.4, 0.5) is 20.9 Å². The number of Topliss-reactive ketones (excluding diaryl/α,β-unsaturated/α-hetero) is 1. The van der Waals surface area contributed by atoms with Crippen LogP contribution in [0.15, 0.2) is 82.6 Å². The fourth-order valence-electron chi connectivity index (χ4n) is 2.65. The molecule has 8 nitrogen and oxygen atoms in total. The largest absolute Gasteiger partial charge is 0.340 e. The highest BCUT2D eigenvalue weighted by atomic mass is 32.2. The summed E-state index contributed by atoms with van der Waals surface area (Å²) in [6.07, 6.45) is 2.99. The molecule has 0 bridgehead atoms. The number of halogens is 1. The van der Waals surface area contributed by atoms with E-state index >= 15 is 0 Å². The van der Waals surface area contributed by atoms with Crippen LogP contribution in [0.3, 0.4) is 0 Å². The molecule has 0 spiro atoms. The monoisotopic (exact) mass is 501 g/mol. The van der Waals surface area contributed by atoms with Crippen LogP contribution in [0.1, 0.15) is 10.4 Å². The van der Waals surface area contributed by atoms with Crippen molar-refractivity contribution in [1.29, 1.82) is 0 Å². The van der Waals surface area contributed by atoms with Crippen molar-refractivity contribution in [3.05, 3.63) is 83.9 Å². The van der Waals surface area contributed by atoms with E-state index in [0.29, 0.717) is 27.2 Å². The van der Waals surface area contributed by atoms with E-state index < -0.39 is 15.8 Å². The Bertz CT molecular complexity index is 1350. The molecule has 0 atom stereocenters. The third-order valence-electron chi connectivity index (χ3n) is 4.24. The lowest BCUT2D eigenvalue weighted by molar-refractivity contribution is 0.102. The molecule has 0 aliphatic heterocycles. The molecular formula is C21H16FN5O3S3. The van der Waals surface area contributed by atoms with Gasteiger partial charge in [0.15, 0.2) is 10.9 Å². The number of rotatable bonds is 9. The third-order valence-corrected chi connectivity index (χ3v) is 7.30. The maximum atomic E-state index is 13.0. The Morgan fingerprint density at radius 2 is 1.82 bits per heavy atom. The molecule has 2 aromatic carbocycles. The Morgan fingerprint density at radius 3 is 2.52 bits per heavy atom. The summed E-state index contributed by atoms with van der Waals surface area (Å²) in [7, 11) is -3.71. The van der Waals surface area contributed by atoms with Gasteiger partial charge in [-0.2, -0.15) is 0 Å². The minimum absolute atomic E-state index is 0.106. The number of anilines is 3. The summed E-state index contributed by atoms with van der Waals surface area (Å²) >= 11 is 2.35. The molecule has 33 heavy (non-hydrogen) atoms. The average Bonchev–Trinajstić information content (AvgIpc) is 3.31. The summed E-state index contributed by atoms with van der Waals surface area (Å²) < 4.78 is 40.3. The number of thioether (sulfide) groups is 1. The quantitative estimate of drug-likeness (QED) is 0.194. The molecule has 4 rings (SSSR count). The zero-order chi connectivity index (χ0) is 23.3. The predicted molar refractivity (Wildman–Crippen MR) is 126 cm³/mol. The summed E-state index contributed by atoms with van der Waals surface area (Å²) in [5.74, 6) is 0.0304. The molecule has 12 heteroatoms. The van der Waals surface area contributed by atoms with Gasteiger partial charge in [-0.25, -0.2) is 22.8 Å². The maximum Gasteiger partial charge on any atom is 0.262 e. The molecule has 168 valence electrons.